The van der Waals surface area contributed by atoms with Crippen LogP contribution in [0.1, 0.15) is 34.6 Å². The van der Waals surface area contributed by atoms with Gasteiger partial charge >= 0.3 is 0 Å². The number of hydrogen-bond donors (Lipinski definition) is 1. The molecule has 0 heterocycles. The lowest BCUT2D eigenvalue weighted by molar-refractivity contribution is -0.118. The Morgan fingerprint density at radius 1 is 1.23 bits per heavy atom. The first-order chi connectivity index (χ1) is 5.86. The molecule has 2 N–H and O–H groups in total. The highest BCUT2D eigenvalue weighted by Crippen LogP contribution is 2.04. The van der Waals surface area contributed by atoms with Crippen LogP contribution in [-0.4, -0.2) is 23.6 Å². The fraction of sp³-hybridized carbons (Fsp3) is 0.800. The van der Waals surface area contributed by atoms with Gasteiger partial charge in [-0.2, -0.15) is 0 Å². The summed E-state index contributed by atoms with van der Waals surface area (Å²) in [4.78, 5) is 15.4. The van der Waals surface area contributed by atoms with Gasteiger partial charge in [-0.15, -0.1) is 0 Å². The van der Waals surface area contributed by atoms with Crippen LogP contribution in [0.3, 0.4) is 0 Å². The molecule has 3 unspecified atom stereocenters. The average molecular weight is 184 g/mol. The van der Waals surface area contributed by atoms with Gasteiger partial charge in [0.1, 0.15) is 5.78 Å². The number of nitrogens with two attached hydrogens (primary N) is 1. The van der Waals surface area contributed by atoms with Crippen LogP contribution in [0.5, 0.6) is 0 Å². The van der Waals surface area contributed by atoms with Crippen LogP contribution in [0.2, 0.25) is 0 Å². The molecule has 0 aliphatic rings. The first-order valence-corrected chi connectivity index (χ1v) is 4.66. The van der Waals surface area contributed by atoms with Crippen LogP contribution in [0.25, 0.3) is 0 Å². The van der Waals surface area contributed by atoms with Gasteiger partial charge in [0.15, 0.2) is 0 Å². The SMILES string of the molecule is CC(=O)C(C)C(C)=NC(C)C(C)N. The van der Waals surface area contributed by atoms with E-state index in [9.17, 15) is 4.79 Å². The van der Waals surface area contributed by atoms with Gasteiger partial charge in [0.25, 0.3) is 0 Å². The second-order valence-electron chi connectivity index (χ2n) is 3.70. The molecule has 0 spiro atoms. The molecule has 0 aliphatic heterocycles. The van der Waals surface area contributed by atoms with Crippen molar-refractivity contribution < 1.29 is 4.79 Å². The van der Waals surface area contributed by atoms with Gasteiger partial charge < -0.3 is 5.73 Å². The standard InChI is InChI=1S/C10H20N2O/c1-6(10(5)13)8(3)12-9(4)7(2)11/h6-7,9H,11H2,1-5H3. The Morgan fingerprint density at radius 3 is 2.00 bits per heavy atom. The van der Waals surface area contributed by atoms with E-state index in [4.69, 9.17) is 5.73 Å². The molecule has 0 amide bonds. The number of ketones is 1. The molecule has 0 saturated carbocycles. The summed E-state index contributed by atoms with van der Waals surface area (Å²) in [6, 6.07) is 0.121. The highest BCUT2D eigenvalue weighted by atomic mass is 16.1. The Balaban J connectivity index is 4.39. The van der Waals surface area contributed by atoms with Gasteiger partial charge in [-0.05, 0) is 27.7 Å². The predicted octanol–water partition coefficient (Wildman–Crippen LogP) is 1.41. The molecule has 0 saturated heterocycles. The Hall–Kier alpha value is -0.700. The summed E-state index contributed by atoms with van der Waals surface area (Å²) < 4.78 is 0. The van der Waals surface area contributed by atoms with Gasteiger partial charge in [0.05, 0.1) is 12.0 Å². The van der Waals surface area contributed by atoms with Crippen molar-refractivity contribution in [2.75, 3.05) is 0 Å². The van der Waals surface area contributed by atoms with E-state index < -0.39 is 0 Å². The van der Waals surface area contributed by atoms with E-state index in [-0.39, 0.29) is 23.8 Å². The minimum Gasteiger partial charge on any atom is -0.326 e. The normalized spacial score (nSPS) is 19.4. The zero-order chi connectivity index (χ0) is 10.6. The van der Waals surface area contributed by atoms with Gasteiger partial charge in [0.2, 0.25) is 0 Å². The average Bonchev–Trinajstić information content (AvgIpc) is 2.02. The lowest BCUT2D eigenvalue weighted by Gasteiger charge is -2.14. The van der Waals surface area contributed by atoms with Crippen LogP contribution in [0.4, 0.5) is 0 Å². The smallest absolute Gasteiger partial charge is 0.138 e. The van der Waals surface area contributed by atoms with Gasteiger partial charge in [-0.1, -0.05) is 6.92 Å². The van der Waals surface area contributed by atoms with E-state index in [2.05, 4.69) is 4.99 Å². The molecule has 0 bridgehead atoms. The van der Waals surface area contributed by atoms with Crippen molar-refractivity contribution in [1.82, 2.24) is 0 Å². The Labute approximate surface area is 80.4 Å². The van der Waals surface area contributed by atoms with Crippen LogP contribution < -0.4 is 5.73 Å². The summed E-state index contributed by atoms with van der Waals surface area (Å²) in [5.74, 6) is 0.0688. The molecule has 0 aliphatic carbocycles. The van der Waals surface area contributed by atoms with Crippen molar-refractivity contribution in [3.05, 3.63) is 0 Å². The first-order valence-electron chi connectivity index (χ1n) is 4.66. The molecule has 0 rings (SSSR count). The topological polar surface area (TPSA) is 55.5 Å². The lowest BCUT2D eigenvalue weighted by Crippen LogP contribution is -2.29. The lowest BCUT2D eigenvalue weighted by atomic mass is 10.0. The molecular weight excluding hydrogens is 164 g/mol. The molecule has 76 valence electrons. The van der Waals surface area contributed by atoms with Crippen LogP contribution >= 0.6 is 0 Å². The largest absolute Gasteiger partial charge is 0.326 e. The van der Waals surface area contributed by atoms with E-state index in [1.807, 2.05) is 27.7 Å². The number of Topliss-reactive ketones (excluding diaryl/α,β-unsaturated/α-hetero) is 1. The summed E-state index contributed by atoms with van der Waals surface area (Å²) in [6.45, 7) is 9.21. The van der Waals surface area contributed by atoms with Gasteiger partial charge in [-0.25, -0.2) is 0 Å². The number of nitrogens with zero attached hydrogens (tertiary/aromatic N) is 1. The highest BCUT2D eigenvalue weighted by Gasteiger charge is 2.13. The molecule has 3 nitrogen and oxygen atoms in total. The van der Waals surface area contributed by atoms with Crippen molar-refractivity contribution in [3.8, 4) is 0 Å². The van der Waals surface area contributed by atoms with Crippen molar-refractivity contribution in [2.45, 2.75) is 46.7 Å². The summed E-state index contributed by atoms with van der Waals surface area (Å²) >= 11 is 0. The van der Waals surface area contributed by atoms with Crippen molar-refractivity contribution in [1.29, 1.82) is 0 Å². The van der Waals surface area contributed by atoms with E-state index in [0.717, 1.165) is 5.71 Å². The van der Waals surface area contributed by atoms with Gasteiger partial charge in [-0.3, -0.25) is 9.79 Å². The Bertz CT molecular complexity index is 209. The molecule has 0 aromatic heterocycles. The molecule has 0 aromatic rings. The second kappa shape index (κ2) is 5.12. The molecule has 3 atom stereocenters. The maximum absolute atomic E-state index is 11.0. The molecule has 0 radical (unpaired) electrons. The molecule has 0 aromatic carbocycles. The fourth-order valence-electron chi connectivity index (χ4n) is 0.845. The number of hydrogen-bond acceptors (Lipinski definition) is 3. The van der Waals surface area contributed by atoms with E-state index in [0.29, 0.717) is 0 Å². The first kappa shape index (κ1) is 12.3. The second-order valence-corrected chi connectivity index (χ2v) is 3.70. The zero-order valence-electron chi connectivity index (χ0n) is 9.16. The quantitative estimate of drug-likeness (QED) is 0.671. The van der Waals surface area contributed by atoms with Crippen LogP contribution in [0.15, 0.2) is 4.99 Å². The summed E-state index contributed by atoms with van der Waals surface area (Å²) in [5, 5.41) is 0. The monoisotopic (exact) mass is 184 g/mol. The fourth-order valence-corrected chi connectivity index (χ4v) is 0.845. The maximum Gasteiger partial charge on any atom is 0.138 e. The number of carbonyl (C=O) groups excluding carboxylic acids is 1. The van der Waals surface area contributed by atoms with Crippen molar-refractivity contribution in [3.63, 3.8) is 0 Å². The highest BCUT2D eigenvalue weighted by molar-refractivity contribution is 6.02. The predicted molar refractivity (Wildman–Crippen MR) is 56.1 cm³/mol. The van der Waals surface area contributed by atoms with E-state index in [1.165, 1.54) is 0 Å². The van der Waals surface area contributed by atoms with E-state index in [1.54, 1.807) is 6.92 Å². The number of carbonyl (C=O) groups is 1. The summed E-state index contributed by atoms with van der Waals surface area (Å²) in [7, 11) is 0. The Kier molecular flexibility index (Phi) is 4.85. The summed E-state index contributed by atoms with van der Waals surface area (Å²) in [5.41, 5.74) is 6.54. The van der Waals surface area contributed by atoms with Gasteiger partial charge in [0, 0.05) is 11.8 Å². The van der Waals surface area contributed by atoms with Crippen LogP contribution in [0, 0.1) is 5.92 Å². The third-order valence-corrected chi connectivity index (χ3v) is 2.40. The van der Waals surface area contributed by atoms with Crippen LogP contribution in [-0.2, 0) is 4.79 Å². The summed E-state index contributed by atoms with van der Waals surface area (Å²) in [6.07, 6.45) is 0. The maximum atomic E-state index is 11.0. The third kappa shape index (κ3) is 4.18. The molecule has 13 heavy (non-hydrogen) atoms. The number of rotatable bonds is 4. The Morgan fingerprint density at radius 2 is 1.69 bits per heavy atom. The van der Waals surface area contributed by atoms with E-state index >= 15 is 0 Å². The van der Waals surface area contributed by atoms with Crippen molar-refractivity contribution >= 4 is 11.5 Å². The molecule has 0 fully saturated rings. The minimum atomic E-state index is -0.0822. The van der Waals surface area contributed by atoms with Crippen molar-refractivity contribution in [2.24, 2.45) is 16.6 Å². The number of aliphatic imine (C=N–C) groups is 1. The zero-order valence-corrected chi connectivity index (χ0v) is 9.16. The molecular formula is C10H20N2O. The third-order valence-electron chi connectivity index (χ3n) is 2.40. The minimum absolute atomic E-state index is 0.0362. The molecule has 3 heteroatoms.